The molecule has 0 N–H and O–H groups in total. The Morgan fingerprint density at radius 2 is 2.12 bits per heavy atom. The molecule has 0 aliphatic heterocycles. The predicted molar refractivity (Wildman–Crippen MR) is 68.5 cm³/mol. The molecule has 0 radical (unpaired) electrons. The smallest absolute Gasteiger partial charge is 0.349 e. The maximum Gasteiger partial charge on any atom is 0.349 e. The Labute approximate surface area is 108 Å². The van der Waals surface area contributed by atoms with Crippen LogP contribution in [0.15, 0.2) is 30.5 Å². The Kier molecular flexibility index (Phi) is 3.76. The van der Waals surface area contributed by atoms with Crippen molar-refractivity contribution in [2.24, 2.45) is 0 Å². The third-order valence-corrected chi connectivity index (χ3v) is 3.35. The Morgan fingerprint density at radius 1 is 1.41 bits per heavy atom. The number of carbonyl (C=O) groups is 1. The molecular weight excluding hydrogens is 258 g/mol. The summed E-state index contributed by atoms with van der Waals surface area (Å²) in [7, 11) is 0. The molecule has 0 unspecified atom stereocenters. The summed E-state index contributed by atoms with van der Waals surface area (Å²) < 4.78 is 4.91. The van der Waals surface area contributed by atoms with E-state index in [2.05, 4.69) is 4.98 Å². The van der Waals surface area contributed by atoms with Crippen molar-refractivity contribution in [2.75, 3.05) is 6.61 Å². The number of ether oxygens (including phenoxy) is 1. The molecule has 88 valence electrons. The quantitative estimate of drug-likeness (QED) is 0.797. The van der Waals surface area contributed by atoms with E-state index in [1.54, 1.807) is 19.1 Å². The monoisotopic (exact) mass is 267 g/mol. The number of rotatable bonds is 3. The molecule has 3 nitrogen and oxygen atoms in total. The molecular formula is C12H10ClNO2S. The summed E-state index contributed by atoms with van der Waals surface area (Å²) in [6.45, 7) is 2.14. The molecule has 17 heavy (non-hydrogen) atoms. The Hall–Kier alpha value is -1.39. The fourth-order valence-corrected chi connectivity index (χ4v) is 2.24. The zero-order valence-corrected chi connectivity index (χ0v) is 10.7. The zero-order valence-electron chi connectivity index (χ0n) is 9.14. The van der Waals surface area contributed by atoms with Gasteiger partial charge in [0.1, 0.15) is 9.88 Å². The van der Waals surface area contributed by atoms with E-state index in [0.717, 1.165) is 10.6 Å². The van der Waals surface area contributed by atoms with Crippen LogP contribution in [0.2, 0.25) is 5.02 Å². The van der Waals surface area contributed by atoms with Crippen LogP contribution in [-0.4, -0.2) is 17.6 Å². The standard InChI is InChI=1S/C12H10ClNO2S/c1-2-16-12(15)10-7-14-11(17-10)8-3-5-9(13)6-4-8/h3-7H,2H2,1H3. The van der Waals surface area contributed by atoms with Gasteiger partial charge in [-0.15, -0.1) is 11.3 Å². The highest BCUT2D eigenvalue weighted by molar-refractivity contribution is 7.16. The van der Waals surface area contributed by atoms with Crippen LogP contribution < -0.4 is 0 Å². The van der Waals surface area contributed by atoms with Gasteiger partial charge in [0, 0.05) is 10.6 Å². The van der Waals surface area contributed by atoms with Gasteiger partial charge in [0.25, 0.3) is 0 Å². The molecule has 0 saturated carbocycles. The van der Waals surface area contributed by atoms with Gasteiger partial charge in [-0.05, 0) is 19.1 Å². The van der Waals surface area contributed by atoms with Crippen molar-refractivity contribution in [1.29, 1.82) is 0 Å². The molecule has 1 heterocycles. The lowest BCUT2D eigenvalue weighted by Crippen LogP contribution is -2.01. The van der Waals surface area contributed by atoms with Crippen LogP contribution >= 0.6 is 22.9 Å². The minimum absolute atomic E-state index is 0.329. The summed E-state index contributed by atoms with van der Waals surface area (Å²) >= 11 is 7.12. The second-order valence-corrected chi connectivity index (χ2v) is 4.72. The largest absolute Gasteiger partial charge is 0.462 e. The third kappa shape index (κ3) is 2.84. The number of hydrogen-bond acceptors (Lipinski definition) is 4. The maximum atomic E-state index is 11.5. The fourth-order valence-electron chi connectivity index (χ4n) is 1.30. The first-order chi connectivity index (χ1) is 8.20. The molecule has 1 aromatic heterocycles. The van der Waals surface area contributed by atoms with Gasteiger partial charge in [-0.1, -0.05) is 23.7 Å². The fraction of sp³-hybridized carbons (Fsp3) is 0.167. The van der Waals surface area contributed by atoms with Crippen molar-refractivity contribution in [1.82, 2.24) is 4.98 Å². The number of nitrogens with zero attached hydrogens (tertiary/aromatic N) is 1. The summed E-state index contributed by atoms with van der Waals surface area (Å²) in [6, 6.07) is 7.33. The molecule has 5 heteroatoms. The minimum Gasteiger partial charge on any atom is -0.462 e. The van der Waals surface area contributed by atoms with E-state index in [-0.39, 0.29) is 5.97 Å². The first-order valence-electron chi connectivity index (χ1n) is 5.09. The molecule has 0 atom stereocenters. The number of halogens is 1. The van der Waals surface area contributed by atoms with Crippen LogP contribution in [0.1, 0.15) is 16.6 Å². The third-order valence-electron chi connectivity index (χ3n) is 2.07. The lowest BCUT2D eigenvalue weighted by atomic mass is 10.2. The van der Waals surface area contributed by atoms with Crippen molar-refractivity contribution < 1.29 is 9.53 Å². The Bertz CT molecular complexity index is 522. The van der Waals surface area contributed by atoms with Crippen molar-refractivity contribution in [3.05, 3.63) is 40.4 Å². The van der Waals surface area contributed by atoms with E-state index < -0.39 is 0 Å². The van der Waals surface area contributed by atoms with E-state index >= 15 is 0 Å². The molecule has 0 fully saturated rings. The van der Waals surface area contributed by atoms with Crippen molar-refractivity contribution in [3.63, 3.8) is 0 Å². The van der Waals surface area contributed by atoms with E-state index in [1.165, 1.54) is 17.5 Å². The van der Waals surface area contributed by atoms with Gasteiger partial charge in [-0.25, -0.2) is 9.78 Å². The number of aromatic nitrogens is 1. The van der Waals surface area contributed by atoms with Crippen molar-refractivity contribution >= 4 is 28.9 Å². The van der Waals surface area contributed by atoms with Crippen molar-refractivity contribution in [2.45, 2.75) is 6.92 Å². The summed E-state index contributed by atoms with van der Waals surface area (Å²) in [5.74, 6) is -0.329. The number of hydrogen-bond donors (Lipinski definition) is 0. The summed E-state index contributed by atoms with van der Waals surface area (Å²) in [5.41, 5.74) is 0.940. The van der Waals surface area contributed by atoms with Crippen LogP contribution in [0, 0.1) is 0 Å². The van der Waals surface area contributed by atoms with Gasteiger partial charge in [-0.2, -0.15) is 0 Å². The summed E-state index contributed by atoms with van der Waals surface area (Å²) in [4.78, 5) is 16.2. The summed E-state index contributed by atoms with van der Waals surface area (Å²) in [5, 5.41) is 1.46. The second-order valence-electron chi connectivity index (χ2n) is 3.26. The molecule has 0 bridgehead atoms. The molecule has 0 saturated heterocycles. The normalized spacial score (nSPS) is 10.2. The van der Waals surface area contributed by atoms with Gasteiger partial charge in [0.15, 0.2) is 0 Å². The van der Waals surface area contributed by atoms with Gasteiger partial charge in [-0.3, -0.25) is 0 Å². The average Bonchev–Trinajstić information content (AvgIpc) is 2.80. The molecule has 0 amide bonds. The van der Waals surface area contributed by atoms with Gasteiger partial charge in [0.2, 0.25) is 0 Å². The van der Waals surface area contributed by atoms with E-state index in [9.17, 15) is 4.79 Å². The lowest BCUT2D eigenvalue weighted by molar-refractivity contribution is 0.0532. The van der Waals surface area contributed by atoms with Gasteiger partial charge in [0.05, 0.1) is 12.8 Å². The molecule has 1 aromatic carbocycles. The number of esters is 1. The van der Waals surface area contributed by atoms with Crippen LogP contribution in [-0.2, 0) is 4.74 Å². The number of carbonyl (C=O) groups excluding carboxylic acids is 1. The molecule has 0 aliphatic carbocycles. The number of thiazole rings is 1. The van der Waals surface area contributed by atoms with Crippen LogP contribution in [0.3, 0.4) is 0 Å². The van der Waals surface area contributed by atoms with Gasteiger partial charge >= 0.3 is 5.97 Å². The zero-order chi connectivity index (χ0) is 12.3. The lowest BCUT2D eigenvalue weighted by Gasteiger charge is -1.97. The topological polar surface area (TPSA) is 39.2 Å². The van der Waals surface area contributed by atoms with Crippen LogP contribution in [0.5, 0.6) is 0 Å². The molecule has 2 rings (SSSR count). The Morgan fingerprint density at radius 3 is 2.76 bits per heavy atom. The highest BCUT2D eigenvalue weighted by Crippen LogP contribution is 2.26. The molecule has 0 aliphatic rings. The Balaban J connectivity index is 2.23. The average molecular weight is 268 g/mol. The van der Waals surface area contributed by atoms with Crippen LogP contribution in [0.4, 0.5) is 0 Å². The summed E-state index contributed by atoms with van der Waals surface area (Å²) in [6.07, 6.45) is 1.53. The van der Waals surface area contributed by atoms with Crippen molar-refractivity contribution in [3.8, 4) is 10.6 Å². The maximum absolute atomic E-state index is 11.5. The van der Waals surface area contributed by atoms with E-state index in [4.69, 9.17) is 16.3 Å². The minimum atomic E-state index is -0.329. The first-order valence-corrected chi connectivity index (χ1v) is 6.29. The first kappa shape index (κ1) is 12.1. The highest BCUT2D eigenvalue weighted by atomic mass is 35.5. The van der Waals surface area contributed by atoms with Crippen LogP contribution in [0.25, 0.3) is 10.6 Å². The molecule has 2 aromatic rings. The number of benzene rings is 1. The molecule has 0 spiro atoms. The van der Waals surface area contributed by atoms with E-state index in [1.807, 2.05) is 12.1 Å². The SMILES string of the molecule is CCOC(=O)c1cnc(-c2ccc(Cl)cc2)s1. The second kappa shape index (κ2) is 5.29. The van der Waals surface area contributed by atoms with Gasteiger partial charge < -0.3 is 4.74 Å². The highest BCUT2D eigenvalue weighted by Gasteiger charge is 2.12. The predicted octanol–water partition coefficient (Wildman–Crippen LogP) is 3.64. The van der Waals surface area contributed by atoms with E-state index in [0.29, 0.717) is 16.5 Å².